The smallest absolute Gasteiger partial charge is 0.272 e. The highest BCUT2D eigenvalue weighted by Crippen LogP contribution is 2.38. The largest absolute Gasteiger partial charge is 0.493 e. The molecule has 11 heteroatoms. The van der Waals surface area contributed by atoms with Crippen molar-refractivity contribution < 1.29 is 28.6 Å². The lowest BCUT2D eigenvalue weighted by Gasteiger charge is -2.15. The lowest BCUT2D eigenvalue weighted by molar-refractivity contribution is -0.115. The Bertz CT molecular complexity index is 1670. The normalized spacial score (nSPS) is 11.6. The monoisotopic (exact) mass is 689 g/mol. The van der Waals surface area contributed by atoms with Crippen molar-refractivity contribution in [1.29, 1.82) is 0 Å². The molecule has 0 saturated heterocycles. The van der Waals surface area contributed by atoms with Crippen molar-refractivity contribution in [2.24, 2.45) is 0 Å². The van der Waals surface area contributed by atoms with Crippen molar-refractivity contribution in [1.82, 2.24) is 5.32 Å². The molecule has 0 heterocycles. The van der Waals surface area contributed by atoms with E-state index in [1.807, 2.05) is 37.3 Å². The molecule has 4 aromatic rings. The Morgan fingerprint density at radius 1 is 0.778 bits per heavy atom. The Labute approximate surface area is 274 Å². The summed E-state index contributed by atoms with van der Waals surface area (Å²) in [5, 5.41) is 8.08. The first-order valence-electron chi connectivity index (χ1n) is 13.7. The van der Waals surface area contributed by atoms with Crippen LogP contribution in [0.25, 0.3) is 6.08 Å². The fraction of sp³-hybridized carbons (Fsp3) is 0.147. The number of hydrogen-bond acceptors (Lipinski definition) is 7. The SMILES string of the molecule is COc1cc(/C=C(/NC(=O)c2ccccc2)C(=O)Nc2cccc(SC(C)C(=O)Nc3ccc(Br)cc3)c2)cc(OC)c1OC. The molecule has 4 aromatic carbocycles. The van der Waals surface area contributed by atoms with E-state index in [1.165, 1.54) is 39.2 Å². The first-order chi connectivity index (χ1) is 21.7. The zero-order valence-electron chi connectivity index (χ0n) is 25.1. The summed E-state index contributed by atoms with van der Waals surface area (Å²) in [6.07, 6.45) is 1.52. The van der Waals surface area contributed by atoms with E-state index < -0.39 is 17.1 Å². The number of hydrogen-bond donors (Lipinski definition) is 3. The van der Waals surface area contributed by atoms with Gasteiger partial charge in [0.05, 0.1) is 26.6 Å². The van der Waals surface area contributed by atoms with Crippen molar-refractivity contribution >= 4 is 62.9 Å². The number of rotatable bonds is 12. The van der Waals surface area contributed by atoms with Crippen LogP contribution in [-0.4, -0.2) is 44.3 Å². The fourth-order valence-electron chi connectivity index (χ4n) is 4.17. The average molecular weight is 691 g/mol. The van der Waals surface area contributed by atoms with Gasteiger partial charge in [-0.1, -0.05) is 40.2 Å². The zero-order chi connectivity index (χ0) is 32.3. The molecule has 0 aliphatic heterocycles. The molecule has 0 fully saturated rings. The Hall–Kier alpha value is -4.74. The lowest BCUT2D eigenvalue weighted by Crippen LogP contribution is -2.30. The topological polar surface area (TPSA) is 115 Å². The molecule has 3 amide bonds. The van der Waals surface area contributed by atoms with E-state index in [1.54, 1.807) is 60.7 Å². The minimum atomic E-state index is -0.559. The third kappa shape index (κ3) is 9.13. The van der Waals surface area contributed by atoms with Crippen LogP contribution in [0.5, 0.6) is 17.2 Å². The van der Waals surface area contributed by atoms with Crippen molar-refractivity contribution in [3.05, 3.63) is 112 Å². The molecule has 45 heavy (non-hydrogen) atoms. The number of methoxy groups -OCH3 is 3. The number of amides is 3. The molecule has 1 unspecified atom stereocenters. The highest BCUT2D eigenvalue weighted by molar-refractivity contribution is 9.10. The van der Waals surface area contributed by atoms with Crippen LogP contribution in [0, 0.1) is 0 Å². The quantitative estimate of drug-likeness (QED) is 0.108. The van der Waals surface area contributed by atoms with Gasteiger partial charge in [0.25, 0.3) is 11.8 Å². The number of anilines is 2. The first kappa shape index (κ1) is 33.2. The number of halogens is 1. The van der Waals surface area contributed by atoms with Crippen molar-refractivity contribution in [2.75, 3.05) is 32.0 Å². The molecule has 0 aromatic heterocycles. The number of benzene rings is 4. The van der Waals surface area contributed by atoms with Crippen molar-refractivity contribution in [3.8, 4) is 17.2 Å². The summed E-state index contributed by atoms with van der Waals surface area (Å²) in [6.45, 7) is 1.81. The molecule has 1 atom stereocenters. The van der Waals surface area contributed by atoms with Gasteiger partial charge in [-0.3, -0.25) is 14.4 Å². The standard InChI is InChI=1S/C34H32BrN3O6S/c1-21(32(39)36-25-15-13-24(35)14-16-25)45-27-12-8-11-26(20-27)37-34(41)28(38-33(40)23-9-6-5-7-10-23)17-22-18-29(42-2)31(44-4)30(19-22)43-3/h5-21H,1-4H3,(H,36,39)(H,37,41)(H,38,40)/b28-17+. The number of nitrogens with one attached hydrogen (secondary N) is 3. The van der Waals surface area contributed by atoms with Gasteiger partial charge >= 0.3 is 0 Å². The second-order valence-electron chi connectivity index (χ2n) is 9.58. The lowest BCUT2D eigenvalue weighted by atomic mass is 10.1. The minimum Gasteiger partial charge on any atom is -0.493 e. The van der Waals surface area contributed by atoms with Gasteiger partial charge in [-0.2, -0.15) is 0 Å². The van der Waals surface area contributed by atoms with Gasteiger partial charge in [0, 0.05) is 26.3 Å². The molecule has 9 nitrogen and oxygen atoms in total. The van der Waals surface area contributed by atoms with Crippen LogP contribution in [-0.2, 0) is 9.59 Å². The average Bonchev–Trinajstić information content (AvgIpc) is 3.05. The molecule has 0 spiro atoms. The van der Waals surface area contributed by atoms with Gasteiger partial charge in [-0.05, 0) is 85.3 Å². The first-order valence-corrected chi connectivity index (χ1v) is 15.4. The summed E-state index contributed by atoms with van der Waals surface area (Å²) in [5.74, 6) is -0.00224. The van der Waals surface area contributed by atoms with Crippen LogP contribution in [0.4, 0.5) is 11.4 Å². The summed E-state index contributed by atoms with van der Waals surface area (Å²) < 4.78 is 17.2. The Morgan fingerprint density at radius 3 is 2.07 bits per heavy atom. The van der Waals surface area contributed by atoms with Crippen LogP contribution in [0.1, 0.15) is 22.8 Å². The molecule has 0 bridgehead atoms. The van der Waals surface area contributed by atoms with Gasteiger partial charge in [0.1, 0.15) is 5.70 Å². The van der Waals surface area contributed by atoms with Crippen LogP contribution in [0.3, 0.4) is 0 Å². The summed E-state index contributed by atoms with van der Waals surface area (Å²) >= 11 is 4.74. The van der Waals surface area contributed by atoms with Crippen molar-refractivity contribution in [2.45, 2.75) is 17.1 Å². The Balaban J connectivity index is 1.56. The van der Waals surface area contributed by atoms with E-state index in [-0.39, 0.29) is 11.6 Å². The molecule has 0 radical (unpaired) electrons. The van der Waals surface area contributed by atoms with Crippen LogP contribution >= 0.6 is 27.7 Å². The molecule has 232 valence electrons. The Kier molecular flexibility index (Phi) is 11.7. The molecule has 0 saturated carbocycles. The maximum atomic E-state index is 13.6. The van der Waals surface area contributed by atoms with E-state index in [0.717, 1.165) is 9.37 Å². The number of carbonyl (C=O) groups excluding carboxylic acids is 3. The zero-order valence-corrected chi connectivity index (χ0v) is 27.5. The van der Waals surface area contributed by atoms with Crippen molar-refractivity contribution in [3.63, 3.8) is 0 Å². The van der Waals surface area contributed by atoms with E-state index in [2.05, 4.69) is 31.9 Å². The highest BCUT2D eigenvalue weighted by Gasteiger charge is 2.19. The van der Waals surface area contributed by atoms with Gasteiger partial charge in [0.15, 0.2) is 11.5 Å². The predicted octanol–water partition coefficient (Wildman–Crippen LogP) is 7.00. The number of thioether (sulfide) groups is 1. The van der Waals surface area contributed by atoms with Crippen LogP contribution in [0.15, 0.2) is 106 Å². The summed E-state index contributed by atoms with van der Waals surface area (Å²) in [7, 11) is 4.48. The van der Waals surface area contributed by atoms with E-state index >= 15 is 0 Å². The van der Waals surface area contributed by atoms with Crippen LogP contribution in [0.2, 0.25) is 0 Å². The van der Waals surface area contributed by atoms with Gasteiger partial charge in [0.2, 0.25) is 11.7 Å². The summed E-state index contributed by atoms with van der Waals surface area (Å²) in [5.41, 5.74) is 2.07. The van der Waals surface area contributed by atoms with E-state index in [4.69, 9.17) is 14.2 Å². The van der Waals surface area contributed by atoms with Gasteiger partial charge in [-0.25, -0.2) is 0 Å². The number of ether oxygens (including phenoxy) is 3. The second-order valence-corrected chi connectivity index (χ2v) is 11.9. The van der Waals surface area contributed by atoms with Gasteiger partial charge < -0.3 is 30.2 Å². The number of carbonyl (C=O) groups is 3. The third-order valence-corrected chi connectivity index (χ3v) is 8.04. The maximum absolute atomic E-state index is 13.6. The van der Waals surface area contributed by atoms with Crippen LogP contribution < -0.4 is 30.2 Å². The highest BCUT2D eigenvalue weighted by atomic mass is 79.9. The molecular formula is C34H32BrN3O6S. The van der Waals surface area contributed by atoms with Gasteiger partial charge in [-0.15, -0.1) is 11.8 Å². The van der Waals surface area contributed by atoms with E-state index in [9.17, 15) is 14.4 Å². The minimum absolute atomic E-state index is 0.0153. The Morgan fingerprint density at radius 2 is 1.44 bits per heavy atom. The third-order valence-electron chi connectivity index (χ3n) is 6.41. The second kappa shape index (κ2) is 15.8. The van der Waals surface area contributed by atoms with E-state index in [0.29, 0.717) is 39.8 Å². The maximum Gasteiger partial charge on any atom is 0.272 e. The molecule has 3 N–H and O–H groups in total. The molecular weight excluding hydrogens is 658 g/mol. The molecule has 4 rings (SSSR count). The predicted molar refractivity (Wildman–Crippen MR) is 181 cm³/mol. The summed E-state index contributed by atoms with van der Waals surface area (Å²) in [4.78, 5) is 40.3. The molecule has 0 aliphatic rings. The molecule has 0 aliphatic carbocycles. The fourth-order valence-corrected chi connectivity index (χ4v) is 5.36. The summed E-state index contributed by atoms with van der Waals surface area (Å²) in [6, 6.07) is 26.4.